The first-order valence-corrected chi connectivity index (χ1v) is 7.34. The predicted octanol–water partition coefficient (Wildman–Crippen LogP) is 1.70. The molecule has 5 nitrogen and oxygen atoms in total. The van der Waals surface area contributed by atoms with Crippen LogP contribution in [-0.4, -0.2) is 29.4 Å². The highest BCUT2D eigenvalue weighted by Gasteiger charge is 2.16. The summed E-state index contributed by atoms with van der Waals surface area (Å²) in [5.74, 6) is 5.59. The molecule has 0 radical (unpaired) electrons. The number of nitrogens with zero attached hydrogens (tertiary/aromatic N) is 2. The van der Waals surface area contributed by atoms with E-state index in [9.17, 15) is 4.79 Å². The maximum absolute atomic E-state index is 11.5. The molecule has 0 bridgehead atoms. The van der Waals surface area contributed by atoms with Crippen LogP contribution in [0.25, 0.3) is 0 Å². The molecule has 0 aliphatic heterocycles. The van der Waals surface area contributed by atoms with Crippen LogP contribution in [0.15, 0.2) is 18.2 Å². The number of carbonyl (C=O) groups is 1. The van der Waals surface area contributed by atoms with Crippen LogP contribution in [0.5, 0.6) is 0 Å². The van der Waals surface area contributed by atoms with E-state index in [0.29, 0.717) is 5.69 Å². The Kier molecular flexibility index (Phi) is 5.49. The van der Waals surface area contributed by atoms with Crippen LogP contribution in [0.4, 0.5) is 0 Å². The summed E-state index contributed by atoms with van der Waals surface area (Å²) in [6.07, 6.45) is 6.80. The minimum Gasteiger partial charge on any atom is -0.300 e. The van der Waals surface area contributed by atoms with Gasteiger partial charge in [-0.2, -0.15) is 0 Å². The average molecular weight is 276 g/mol. The van der Waals surface area contributed by atoms with Gasteiger partial charge in [-0.3, -0.25) is 10.2 Å². The van der Waals surface area contributed by atoms with Crippen LogP contribution < -0.4 is 11.3 Å². The average Bonchev–Trinajstić information content (AvgIpc) is 2.47. The highest BCUT2D eigenvalue weighted by atomic mass is 16.2. The third-order valence-corrected chi connectivity index (χ3v) is 3.90. The minimum absolute atomic E-state index is 0.346. The predicted molar refractivity (Wildman–Crippen MR) is 78.8 cm³/mol. The number of amides is 1. The largest absolute Gasteiger partial charge is 0.300 e. The normalized spacial score (nSPS) is 16.4. The lowest BCUT2D eigenvalue weighted by Crippen LogP contribution is -2.31. The minimum atomic E-state index is -0.346. The quantitative estimate of drug-likeness (QED) is 0.488. The van der Waals surface area contributed by atoms with E-state index >= 15 is 0 Å². The van der Waals surface area contributed by atoms with Crippen molar-refractivity contribution in [1.82, 2.24) is 15.3 Å². The van der Waals surface area contributed by atoms with Gasteiger partial charge in [0, 0.05) is 13.1 Å². The molecule has 1 aliphatic rings. The van der Waals surface area contributed by atoms with Gasteiger partial charge in [-0.15, -0.1) is 0 Å². The Morgan fingerprint density at radius 2 is 2.15 bits per heavy atom. The summed E-state index contributed by atoms with van der Waals surface area (Å²) in [6.45, 7) is 1.87. The van der Waals surface area contributed by atoms with Crippen molar-refractivity contribution in [2.45, 2.75) is 38.6 Å². The molecule has 5 heteroatoms. The van der Waals surface area contributed by atoms with Gasteiger partial charge in [0.15, 0.2) is 0 Å². The molecule has 0 aromatic carbocycles. The number of hydrazine groups is 1. The topological polar surface area (TPSA) is 71.2 Å². The summed E-state index contributed by atoms with van der Waals surface area (Å²) in [6, 6.07) is 5.47. The molecule has 1 saturated carbocycles. The molecule has 0 saturated heterocycles. The van der Waals surface area contributed by atoms with E-state index in [1.54, 1.807) is 6.07 Å². The van der Waals surface area contributed by atoms with Crippen molar-refractivity contribution in [3.05, 3.63) is 29.6 Å². The van der Waals surface area contributed by atoms with Gasteiger partial charge in [0.1, 0.15) is 5.69 Å². The van der Waals surface area contributed by atoms with Gasteiger partial charge in [-0.25, -0.2) is 10.8 Å². The standard InChI is InChI=1S/C15H24N4O/c1-19(10-12-6-3-2-4-7-12)11-13-8-5-9-14(17-13)15(20)18-16/h5,8-9,12H,2-4,6-7,10-11,16H2,1H3,(H,18,20). The summed E-state index contributed by atoms with van der Waals surface area (Å²) < 4.78 is 0. The highest BCUT2D eigenvalue weighted by molar-refractivity contribution is 5.91. The Labute approximate surface area is 120 Å². The number of carbonyl (C=O) groups excluding carboxylic acids is 1. The van der Waals surface area contributed by atoms with E-state index in [1.807, 2.05) is 12.1 Å². The van der Waals surface area contributed by atoms with Crippen molar-refractivity contribution in [2.24, 2.45) is 11.8 Å². The lowest BCUT2D eigenvalue weighted by atomic mass is 9.89. The molecule has 1 amide bonds. The Morgan fingerprint density at radius 1 is 1.40 bits per heavy atom. The molecular formula is C15H24N4O. The first-order valence-electron chi connectivity index (χ1n) is 7.34. The first kappa shape index (κ1) is 14.9. The van der Waals surface area contributed by atoms with Crippen molar-refractivity contribution in [3.8, 4) is 0 Å². The number of aromatic nitrogens is 1. The molecule has 1 fully saturated rings. The molecular weight excluding hydrogens is 252 g/mol. The summed E-state index contributed by atoms with van der Waals surface area (Å²) in [7, 11) is 2.12. The van der Waals surface area contributed by atoms with Crippen molar-refractivity contribution in [2.75, 3.05) is 13.6 Å². The third-order valence-electron chi connectivity index (χ3n) is 3.90. The molecule has 1 aromatic heterocycles. The number of nitrogens with one attached hydrogen (secondary N) is 1. The Morgan fingerprint density at radius 3 is 2.85 bits per heavy atom. The maximum atomic E-state index is 11.5. The summed E-state index contributed by atoms with van der Waals surface area (Å²) >= 11 is 0. The van der Waals surface area contributed by atoms with Crippen LogP contribution in [0.3, 0.4) is 0 Å². The number of nitrogens with two attached hydrogens (primary N) is 1. The maximum Gasteiger partial charge on any atom is 0.283 e. The first-order chi connectivity index (χ1) is 9.69. The van der Waals surface area contributed by atoms with Gasteiger partial charge in [0.25, 0.3) is 5.91 Å². The molecule has 2 rings (SSSR count). The fourth-order valence-corrected chi connectivity index (χ4v) is 2.92. The molecule has 1 heterocycles. The second kappa shape index (κ2) is 7.36. The lowest BCUT2D eigenvalue weighted by Gasteiger charge is -2.26. The van der Waals surface area contributed by atoms with Gasteiger partial charge >= 0.3 is 0 Å². The van der Waals surface area contributed by atoms with Crippen molar-refractivity contribution < 1.29 is 4.79 Å². The van der Waals surface area contributed by atoms with Crippen molar-refractivity contribution in [3.63, 3.8) is 0 Å². The van der Waals surface area contributed by atoms with Gasteiger partial charge in [0.2, 0.25) is 0 Å². The van der Waals surface area contributed by atoms with Gasteiger partial charge in [-0.05, 0) is 37.9 Å². The van der Waals surface area contributed by atoms with Crippen molar-refractivity contribution in [1.29, 1.82) is 0 Å². The third kappa shape index (κ3) is 4.28. The fraction of sp³-hybridized carbons (Fsp3) is 0.600. The summed E-state index contributed by atoms with van der Waals surface area (Å²) in [5.41, 5.74) is 3.39. The van der Waals surface area contributed by atoms with Crippen LogP contribution >= 0.6 is 0 Å². The highest BCUT2D eigenvalue weighted by Crippen LogP contribution is 2.24. The SMILES string of the molecule is CN(Cc1cccc(C(=O)NN)n1)CC1CCCCC1. The molecule has 20 heavy (non-hydrogen) atoms. The molecule has 0 spiro atoms. The number of hydrogen-bond acceptors (Lipinski definition) is 4. The molecule has 110 valence electrons. The zero-order valence-corrected chi connectivity index (χ0v) is 12.1. The second-order valence-electron chi connectivity index (χ2n) is 5.69. The van der Waals surface area contributed by atoms with Crippen LogP contribution in [0, 0.1) is 5.92 Å². The monoisotopic (exact) mass is 276 g/mol. The van der Waals surface area contributed by atoms with E-state index in [2.05, 4.69) is 22.4 Å². The summed E-state index contributed by atoms with van der Waals surface area (Å²) in [5, 5.41) is 0. The second-order valence-corrected chi connectivity index (χ2v) is 5.69. The van der Waals surface area contributed by atoms with E-state index in [4.69, 9.17) is 5.84 Å². The Bertz CT molecular complexity index is 443. The zero-order chi connectivity index (χ0) is 14.4. The molecule has 1 aromatic rings. The number of hydrogen-bond donors (Lipinski definition) is 2. The molecule has 0 unspecified atom stereocenters. The molecule has 1 aliphatic carbocycles. The van der Waals surface area contributed by atoms with Gasteiger partial charge < -0.3 is 4.90 Å². The van der Waals surface area contributed by atoms with Gasteiger partial charge in [-0.1, -0.05) is 25.3 Å². The van der Waals surface area contributed by atoms with Crippen LogP contribution in [0.1, 0.15) is 48.3 Å². The van der Waals surface area contributed by atoms with E-state index in [1.165, 1.54) is 32.1 Å². The summed E-state index contributed by atoms with van der Waals surface area (Å²) in [4.78, 5) is 18.1. The Hall–Kier alpha value is -1.46. The van der Waals surface area contributed by atoms with Gasteiger partial charge in [0.05, 0.1) is 5.69 Å². The fourth-order valence-electron chi connectivity index (χ4n) is 2.92. The Balaban J connectivity index is 1.89. The van der Waals surface area contributed by atoms with E-state index < -0.39 is 0 Å². The zero-order valence-electron chi connectivity index (χ0n) is 12.1. The number of rotatable bonds is 5. The molecule has 3 N–H and O–H groups in total. The van der Waals surface area contributed by atoms with E-state index in [0.717, 1.165) is 24.7 Å². The van der Waals surface area contributed by atoms with Crippen LogP contribution in [0.2, 0.25) is 0 Å². The number of nitrogen functional groups attached to an aromatic ring is 1. The smallest absolute Gasteiger partial charge is 0.283 e. The van der Waals surface area contributed by atoms with Crippen LogP contribution in [-0.2, 0) is 6.54 Å². The number of pyridine rings is 1. The lowest BCUT2D eigenvalue weighted by molar-refractivity contribution is 0.0948. The molecule has 0 atom stereocenters. The van der Waals surface area contributed by atoms with Crippen molar-refractivity contribution >= 4 is 5.91 Å². The van der Waals surface area contributed by atoms with E-state index in [-0.39, 0.29) is 5.91 Å².